The molecule has 7 nitrogen and oxygen atoms in total. The van der Waals surface area contributed by atoms with Crippen molar-refractivity contribution in [3.8, 4) is 5.75 Å². The van der Waals surface area contributed by atoms with Crippen molar-refractivity contribution in [3.05, 3.63) is 58.1 Å². The van der Waals surface area contributed by atoms with E-state index in [2.05, 4.69) is 10.6 Å². The zero-order valence-corrected chi connectivity index (χ0v) is 12.1. The summed E-state index contributed by atoms with van der Waals surface area (Å²) < 4.78 is 4.94. The summed E-state index contributed by atoms with van der Waals surface area (Å²) in [6.07, 6.45) is 0. The minimum absolute atomic E-state index is 0.0943. The second-order valence-corrected chi connectivity index (χ2v) is 4.53. The van der Waals surface area contributed by atoms with Crippen molar-refractivity contribution < 1.29 is 14.5 Å². The normalized spacial score (nSPS) is 9.91. The Balaban J connectivity index is 2.18. The summed E-state index contributed by atoms with van der Waals surface area (Å²) in [6.45, 7) is 1.85. The molecule has 22 heavy (non-hydrogen) atoms. The molecule has 0 saturated carbocycles. The Bertz CT molecular complexity index is 716. The van der Waals surface area contributed by atoms with E-state index in [-0.39, 0.29) is 11.4 Å². The lowest BCUT2D eigenvalue weighted by molar-refractivity contribution is -0.384. The van der Waals surface area contributed by atoms with Crippen LogP contribution in [0, 0.1) is 17.0 Å². The zero-order valence-electron chi connectivity index (χ0n) is 12.1. The Hall–Kier alpha value is -3.09. The molecule has 0 fully saturated rings. The molecular weight excluding hydrogens is 286 g/mol. The first-order chi connectivity index (χ1) is 10.5. The minimum Gasteiger partial charge on any atom is -0.496 e. The molecule has 2 N–H and O–H groups in total. The van der Waals surface area contributed by atoms with Gasteiger partial charge in [0.05, 0.1) is 18.1 Å². The molecule has 2 rings (SSSR count). The van der Waals surface area contributed by atoms with Gasteiger partial charge < -0.3 is 15.4 Å². The number of carbonyl (C=O) groups excluding carboxylic acids is 1. The SMILES string of the molecule is COc1ccc(NC(=O)Nc2ccccc2C)c([N+](=O)[O-])c1. The number of nitro groups is 1. The van der Waals surface area contributed by atoms with Crippen LogP contribution in [-0.2, 0) is 0 Å². The highest BCUT2D eigenvalue weighted by Crippen LogP contribution is 2.29. The van der Waals surface area contributed by atoms with Crippen LogP contribution in [0.5, 0.6) is 5.75 Å². The molecule has 2 aromatic rings. The molecule has 0 aliphatic heterocycles. The Morgan fingerprint density at radius 1 is 1.14 bits per heavy atom. The monoisotopic (exact) mass is 301 g/mol. The van der Waals surface area contributed by atoms with E-state index in [1.165, 1.54) is 25.3 Å². The Morgan fingerprint density at radius 2 is 1.82 bits per heavy atom. The Labute approximate surface area is 127 Å². The van der Waals surface area contributed by atoms with Crippen molar-refractivity contribution in [2.75, 3.05) is 17.7 Å². The molecule has 0 radical (unpaired) electrons. The maximum atomic E-state index is 12.0. The maximum Gasteiger partial charge on any atom is 0.323 e. The van der Waals surface area contributed by atoms with Gasteiger partial charge in [-0.05, 0) is 30.7 Å². The van der Waals surface area contributed by atoms with Gasteiger partial charge >= 0.3 is 6.03 Å². The van der Waals surface area contributed by atoms with E-state index in [1.807, 2.05) is 19.1 Å². The van der Waals surface area contributed by atoms with Gasteiger partial charge in [-0.15, -0.1) is 0 Å². The quantitative estimate of drug-likeness (QED) is 0.667. The van der Waals surface area contributed by atoms with Crippen LogP contribution in [-0.4, -0.2) is 18.1 Å². The van der Waals surface area contributed by atoms with Gasteiger partial charge in [0.1, 0.15) is 11.4 Å². The third kappa shape index (κ3) is 3.51. The Kier molecular flexibility index (Phi) is 4.57. The van der Waals surface area contributed by atoms with E-state index in [0.717, 1.165) is 5.56 Å². The number of nitro benzene ring substituents is 1. The van der Waals surface area contributed by atoms with Crippen LogP contribution in [0.3, 0.4) is 0 Å². The molecule has 0 aliphatic carbocycles. The predicted octanol–water partition coefficient (Wildman–Crippen LogP) is 3.56. The predicted molar refractivity (Wildman–Crippen MR) is 83.5 cm³/mol. The molecule has 114 valence electrons. The summed E-state index contributed by atoms with van der Waals surface area (Å²) in [5.74, 6) is 0.344. The number of amides is 2. The van der Waals surface area contributed by atoms with Crippen LogP contribution in [0.25, 0.3) is 0 Å². The van der Waals surface area contributed by atoms with Crippen LogP contribution in [0.2, 0.25) is 0 Å². The van der Waals surface area contributed by atoms with Gasteiger partial charge in [-0.2, -0.15) is 0 Å². The number of rotatable bonds is 4. The van der Waals surface area contributed by atoms with Gasteiger partial charge in [-0.1, -0.05) is 18.2 Å². The van der Waals surface area contributed by atoms with Crippen molar-refractivity contribution in [2.24, 2.45) is 0 Å². The number of hydrogen-bond acceptors (Lipinski definition) is 4. The summed E-state index contributed by atoms with van der Waals surface area (Å²) in [4.78, 5) is 22.5. The Morgan fingerprint density at radius 3 is 2.45 bits per heavy atom. The summed E-state index contributed by atoms with van der Waals surface area (Å²) >= 11 is 0. The number of urea groups is 1. The summed E-state index contributed by atoms with van der Waals surface area (Å²) in [5, 5.41) is 16.2. The van der Waals surface area contributed by atoms with Crippen LogP contribution in [0.1, 0.15) is 5.56 Å². The third-order valence-corrected chi connectivity index (χ3v) is 3.04. The van der Waals surface area contributed by atoms with Crippen LogP contribution >= 0.6 is 0 Å². The topological polar surface area (TPSA) is 93.5 Å². The fraction of sp³-hybridized carbons (Fsp3) is 0.133. The van der Waals surface area contributed by atoms with Crippen LogP contribution < -0.4 is 15.4 Å². The smallest absolute Gasteiger partial charge is 0.323 e. The molecular formula is C15H15N3O4. The van der Waals surface area contributed by atoms with Gasteiger partial charge in [-0.25, -0.2) is 4.79 Å². The lowest BCUT2D eigenvalue weighted by Gasteiger charge is -2.10. The fourth-order valence-corrected chi connectivity index (χ4v) is 1.88. The average Bonchev–Trinajstić information content (AvgIpc) is 2.49. The summed E-state index contributed by atoms with van der Waals surface area (Å²) in [7, 11) is 1.41. The number of benzene rings is 2. The van der Waals surface area contributed by atoms with E-state index in [9.17, 15) is 14.9 Å². The third-order valence-electron chi connectivity index (χ3n) is 3.04. The first kappa shape index (κ1) is 15.3. The van der Waals surface area contributed by atoms with E-state index >= 15 is 0 Å². The number of anilines is 2. The van der Waals surface area contributed by atoms with Crippen molar-refractivity contribution in [1.82, 2.24) is 0 Å². The molecule has 0 aromatic heterocycles. The molecule has 0 aliphatic rings. The molecule has 0 bridgehead atoms. The van der Waals surface area contributed by atoms with Crippen molar-refractivity contribution in [3.63, 3.8) is 0 Å². The molecule has 0 spiro atoms. The fourth-order valence-electron chi connectivity index (χ4n) is 1.88. The van der Waals surface area contributed by atoms with Gasteiger partial charge in [0.2, 0.25) is 0 Å². The number of methoxy groups -OCH3 is 1. The second kappa shape index (κ2) is 6.57. The molecule has 2 aromatic carbocycles. The van der Waals surface area contributed by atoms with Crippen LogP contribution in [0.4, 0.5) is 21.9 Å². The number of nitrogens with zero attached hydrogens (tertiary/aromatic N) is 1. The number of para-hydroxylation sites is 1. The molecule has 0 atom stereocenters. The molecule has 0 unspecified atom stereocenters. The first-order valence-corrected chi connectivity index (χ1v) is 6.47. The van der Waals surface area contributed by atoms with E-state index in [4.69, 9.17) is 4.74 Å². The molecule has 0 saturated heterocycles. The number of aryl methyl sites for hydroxylation is 1. The van der Waals surface area contributed by atoms with Gasteiger partial charge in [-0.3, -0.25) is 10.1 Å². The maximum absolute atomic E-state index is 12.0. The molecule has 7 heteroatoms. The number of carbonyl (C=O) groups is 1. The lowest BCUT2D eigenvalue weighted by Crippen LogP contribution is -2.20. The van der Waals surface area contributed by atoms with E-state index in [1.54, 1.807) is 12.1 Å². The van der Waals surface area contributed by atoms with Crippen molar-refractivity contribution >= 4 is 23.1 Å². The second-order valence-electron chi connectivity index (χ2n) is 4.53. The van der Waals surface area contributed by atoms with Gasteiger partial charge in [0.15, 0.2) is 0 Å². The van der Waals surface area contributed by atoms with E-state index < -0.39 is 11.0 Å². The van der Waals surface area contributed by atoms with Gasteiger partial charge in [0.25, 0.3) is 5.69 Å². The lowest BCUT2D eigenvalue weighted by atomic mass is 10.2. The number of hydrogen-bond donors (Lipinski definition) is 2. The number of nitrogens with one attached hydrogen (secondary N) is 2. The van der Waals surface area contributed by atoms with Crippen molar-refractivity contribution in [1.29, 1.82) is 0 Å². The van der Waals surface area contributed by atoms with Gasteiger partial charge in [0, 0.05) is 5.69 Å². The minimum atomic E-state index is -0.577. The largest absolute Gasteiger partial charge is 0.496 e. The number of ether oxygens (including phenoxy) is 1. The van der Waals surface area contributed by atoms with E-state index in [0.29, 0.717) is 11.4 Å². The van der Waals surface area contributed by atoms with Crippen molar-refractivity contribution in [2.45, 2.75) is 6.92 Å². The standard InChI is InChI=1S/C15H15N3O4/c1-10-5-3-4-6-12(10)16-15(19)17-13-8-7-11(22-2)9-14(13)18(20)21/h3-9H,1-2H3,(H2,16,17,19). The van der Waals surface area contributed by atoms with Crippen LogP contribution in [0.15, 0.2) is 42.5 Å². The average molecular weight is 301 g/mol. The highest BCUT2D eigenvalue weighted by molar-refractivity contribution is 6.01. The highest BCUT2D eigenvalue weighted by Gasteiger charge is 2.17. The highest BCUT2D eigenvalue weighted by atomic mass is 16.6. The first-order valence-electron chi connectivity index (χ1n) is 6.47. The summed E-state index contributed by atoms with van der Waals surface area (Å²) in [6, 6.07) is 10.9. The zero-order chi connectivity index (χ0) is 16.1. The summed E-state index contributed by atoms with van der Waals surface area (Å²) in [5.41, 5.74) is 1.38. The molecule has 0 heterocycles. The molecule has 2 amide bonds.